The molecule has 2 aromatic carbocycles. The quantitative estimate of drug-likeness (QED) is 0.568. The molecule has 5 heteroatoms. The summed E-state index contributed by atoms with van der Waals surface area (Å²) < 4.78 is 6.48. The highest BCUT2D eigenvalue weighted by molar-refractivity contribution is 9.10. The first-order valence-electron chi connectivity index (χ1n) is 9.71. The Balaban J connectivity index is 1.95. The number of Topliss-reactive ketones (excluding diaryl/α,β-unsaturated/α-hetero) is 2. The molecule has 0 amide bonds. The van der Waals surface area contributed by atoms with Crippen molar-refractivity contribution in [3.8, 4) is 5.75 Å². The van der Waals surface area contributed by atoms with Crippen LogP contribution in [0.4, 0.5) is 0 Å². The van der Waals surface area contributed by atoms with Gasteiger partial charge in [0.15, 0.2) is 11.6 Å². The number of hydrogen-bond acceptors (Lipinski definition) is 4. The molecule has 1 fully saturated rings. The number of ketones is 2. The molecule has 0 saturated carbocycles. The zero-order chi connectivity index (χ0) is 20.1. The van der Waals surface area contributed by atoms with Gasteiger partial charge in [-0.2, -0.15) is 0 Å². The summed E-state index contributed by atoms with van der Waals surface area (Å²) in [5.41, 5.74) is 2.25. The minimum absolute atomic E-state index is 0.0117. The minimum Gasteiger partial charge on any atom is -0.496 e. The van der Waals surface area contributed by atoms with E-state index in [4.69, 9.17) is 4.74 Å². The summed E-state index contributed by atoms with van der Waals surface area (Å²) in [6.45, 7) is 3.39. The van der Waals surface area contributed by atoms with E-state index < -0.39 is 0 Å². The third kappa shape index (κ3) is 4.89. The van der Waals surface area contributed by atoms with Gasteiger partial charge in [-0.1, -0.05) is 34.5 Å². The monoisotopic (exact) mass is 443 g/mol. The molecule has 1 aliphatic heterocycles. The fourth-order valence-electron chi connectivity index (χ4n) is 3.79. The number of carbonyl (C=O) groups excluding carboxylic acids is 2. The van der Waals surface area contributed by atoms with Gasteiger partial charge < -0.3 is 4.74 Å². The van der Waals surface area contributed by atoms with E-state index in [2.05, 4.69) is 20.8 Å². The number of methoxy groups -OCH3 is 1. The lowest BCUT2D eigenvalue weighted by Gasteiger charge is -2.34. The van der Waals surface area contributed by atoms with Crippen LogP contribution in [0, 0.1) is 0 Å². The zero-order valence-electron chi connectivity index (χ0n) is 16.4. The Morgan fingerprint density at radius 1 is 1.04 bits per heavy atom. The highest BCUT2D eigenvalue weighted by Crippen LogP contribution is 2.26. The Labute approximate surface area is 175 Å². The van der Waals surface area contributed by atoms with Crippen LogP contribution >= 0.6 is 15.9 Å². The molecule has 0 aromatic heterocycles. The molecule has 0 bridgehead atoms. The number of halogens is 1. The van der Waals surface area contributed by atoms with Gasteiger partial charge >= 0.3 is 0 Å². The van der Waals surface area contributed by atoms with Crippen molar-refractivity contribution in [1.29, 1.82) is 0 Å². The van der Waals surface area contributed by atoms with Crippen molar-refractivity contribution >= 4 is 27.5 Å². The lowest BCUT2D eigenvalue weighted by molar-refractivity contribution is 0.0782. The van der Waals surface area contributed by atoms with E-state index in [1.54, 1.807) is 20.1 Å². The standard InChI is InChI=1S/C23H26BrNO3/c1-16(26)18-8-11-22(28-2)19(14-18)15-21(25-12-4-3-5-13-25)23(27)17-6-9-20(24)10-7-17/h6-11,14,21H,3-5,12-13,15H2,1-2H3/t21-/m1/s1. The molecule has 1 heterocycles. The van der Waals surface area contributed by atoms with Crippen molar-refractivity contribution in [2.45, 2.75) is 38.6 Å². The van der Waals surface area contributed by atoms with E-state index in [1.165, 1.54) is 6.42 Å². The highest BCUT2D eigenvalue weighted by Gasteiger charge is 2.29. The molecule has 0 aliphatic carbocycles. The van der Waals surface area contributed by atoms with Crippen molar-refractivity contribution in [2.24, 2.45) is 0 Å². The van der Waals surface area contributed by atoms with Crippen molar-refractivity contribution < 1.29 is 14.3 Å². The van der Waals surface area contributed by atoms with E-state index in [0.29, 0.717) is 17.5 Å². The third-order valence-corrected chi connectivity index (χ3v) is 5.89. The Bertz CT molecular complexity index is 841. The maximum atomic E-state index is 13.4. The number of carbonyl (C=O) groups is 2. The smallest absolute Gasteiger partial charge is 0.180 e. The summed E-state index contributed by atoms with van der Waals surface area (Å²) >= 11 is 3.43. The van der Waals surface area contributed by atoms with Crippen molar-refractivity contribution in [2.75, 3.05) is 20.2 Å². The lowest BCUT2D eigenvalue weighted by Crippen LogP contribution is -2.45. The van der Waals surface area contributed by atoms with Crippen LogP contribution in [0.3, 0.4) is 0 Å². The summed E-state index contributed by atoms with van der Waals surface area (Å²) in [5, 5.41) is 0. The zero-order valence-corrected chi connectivity index (χ0v) is 18.0. The Morgan fingerprint density at radius 3 is 2.29 bits per heavy atom. The first kappa shape index (κ1) is 20.7. The summed E-state index contributed by atoms with van der Waals surface area (Å²) in [7, 11) is 1.62. The molecular formula is C23H26BrNO3. The summed E-state index contributed by atoms with van der Waals surface area (Å²) in [6, 6.07) is 12.7. The van der Waals surface area contributed by atoms with Gasteiger partial charge in [-0.15, -0.1) is 0 Å². The molecule has 28 heavy (non-hydrogen) atoms. The second-order valence-corrected chi connectivity index (χ2v) is 8.19. The third-order valence-electron chi connectivity index (χ3n) is 5.36. The molecule has 0 radical (unpaired) electrons. The van der Waals surface area contributed by atoms with E-state index in [9.17, 15) is 9.59 Å². The van der Waals surface area contributed by atoms with Crippen LogP contribution in [0.1, 0.15) is 52.5 Å². The van der Waals surface area contributed by atoms with Crippen LogP contribution in [-0.4, -0.2) is 42.7 Å². The molecule has 3 rings (SSSR count). The maximum absolute atomic E-state index is 13.4. The summed E-state index contributed by atoms with van der Waals surface area (Å²) in [5.74, 6) is 0.845. The molecule has 1 aliphatic rings. The molecule has 2 aromatic rings. The first-order valence-corrected chi connectivity index (χ1v) is 10.5. The van der Waals surface area contributed by atoms with Crippen LogP contribution < -0.4 is 4.74 Å². The van der Waals surface area contributed by atoms with Crippen LogP contribution in [0.25, 0.3) is 0 Å². The molecule has 0 spiro atoms. The lowest BCUT2D eigenvalue weighted by atomic mass is 9.93. The van der Waals surface area contributed by atoms with E-state index in [1.807, 2.05) is 36.4 Å². The summed E-state index contributed by atoms with van der Waals surface area (Å²) in [4.78, 5) is 27.5. The van der Waals surface area contributed by atoms with Crippen molar-refractivity contribution in [1.82, 2.24) is 4.90 Å². The van der Waals surface area contributed by atoms with Gasteiger partial charge in [0.2, 0.25) is 0 Å². The molecule has 148 valence electrons. The Morgan fingerprint density at radius 2 is 1.68 bits per heavy atom. The predicted molar refractivity (Wildman–Crippen MR) is 114 cm³/mol. The minimum atomic E-state index is -0.266. The molecular weight excluding hydrogens is 418 g/mol. The fourth-order valence-corrected chi connectivity index (χ4v) is 4.05. The van der Waals surface area contributed by atoms with Crippen LogP contribution in [-0.2, 0) is 6.42 Å². The van der Waals surface area contributed by atoms with Crippen LogP contribution in [0.2, 0.25) is 0 Å². The van der Waals surface area contributed by atoms with Gasteiger partial charge in [-0.3, -0.25) is 14.5 Å². The van der Waals surface area contributed by atoms with Crippen LogP contribution in [0.15, 0.2) is 46.9 Å². The average Bonchev–Trinajstić information content (AvgIpc) is 2.72. The normalized spacial score (nSPS) is 15.8. The Hall–Kier alpha value is -1.98. The molecule has 1 atom stereocenters. The second-order valence-electron chi connectivity index (χ2n) is 7.27. The fraction of sp³-hybridized carbons (Fsp3) is 0.391. The van der Waals surface area contributed by atoms with Crippen molar-refractivity contribution in [3.63, 3.8) is 0 Å². The largest absolute Gasteiger partial charge is 0.496 e. The van der Waals surface area contributed by atoms with E-state index in [0.717, 1.165) is 41.7 Å². The van der Waals surface area contributed by atoms with E-state index in [-0.39, 0.29) is 17.6 Å². The molecule has 4 nitrogen and oxygen atoms in total. The second kappa shape index (κ2) is 9.48. The average molecular weight is 444 g/mol. The molecule has 0 unspecified atom stereocenters. The summed E-state index contributed by atoms with van der Waals surface area (Å²) in [6.07, 6.45) is 3.95. The predicted octanol–water partition coefficient (Wildman–Crippen LogP) is 4.94. The topological polar surface area (TPSA) is 46.6 Å². The van der Waals surface area contributed by atoms with Gasteiger partial charge in [-0.05, 0) is 75.2 Å². The van der Waals surface area contributed by atoms with Gasteiger partial charge in [0, 0.05) is 15.6 Å². The number of likely N-dealkylation sites (tertiary alicyclic amines) is 1. The van der Waals surface area contributed by atoms with Gasteiger partial charge in [0.1, 0.15) is 5.75 Å². The SMILES string of the molecule is COc1ccc(C(C)=O)cc1C[C@H](C(=O)c1ccc(Br)cc1)N1CCCCC1. The number of ether oxygens (including phenoxy) is 1. The van der Waals surface area contributed by atoms with Crippen molar-refractivity contribution in [3.05, 3.63) is 63.6 Å². The number of benzene rings is 2. The molecule has 1 saturated heterocycles. The van der Waals surface area contributed by atoms with E-state index >= 15 is 0 Å². The Kier molecular flexibility index (Phi) is 7.03. The first-order chi connectivity index (χ1) is 13.5. The number of piperidine rings is 1. The number of hydrogen-bond donors (Lipinski definition) is 0. The van der Waals surface area contributed by atoms with Gasteiger partial charge in [-0.25, -0.2) is 0 Å². The highest BCUT2D eigenvalue weighted by atomic mass is 79.9. The number of rotatable bonds is 7. The van der Waals surface area contributed by atoms with Gasteiger partial charge in [0.05, 0.1) is 13.2 Å². The van der Waals surface area contributed by atoms with Crippen LogP contribution in [0.5, 0.6) is 5.75 Å². The maximum Gasteiger partial charge on any atom is 0.180 e. The number of nitrogens with zero attached hydrogens (tertiary/aromatic N) is 1. The molecule has 0 N–H and O–H groups in total. The van der Waals surface area contributed by atoms with Gasteiger partial charge in [0.25, 0.3) is 0 Å².